The van der Waals surface area contributed by atoms with Gasteiger partial charge in [-0.3, -0.25) is 4.72 Å². The molecule has 0 amide bonds. The van der Waals surface area contributed by atoms with Gasteiger partial charge in [0.2, 0.25) is 5.95 Å². The van der Waals surface area contributed by atoms with Crippen molar-refractivity contribution in [2.75, 3.05) is 10.0 Å². The van der Waals surface area contributed by atoms with E-state index in [1.807, 2.05) is 12.1 Å². The summed E-state index contributed by atoms with van der Waals surface area (Å²) < 4.78 is 49.9. The molecule has 8 nitrogen and oxygen atoms in total. The lowest BCUT2D eigenvalue weighted by Gasteiger charge is -2.26. The first-order chi connectivity index (χ1) is 19.2. The van der Waals surface area contributed by atoms with Crippen LogP contribution in [0.4, 0.5) is 16.0 Å². The topological polar surface area (TPSA) is 119 Å². The number of aromatic nitrogens is 2. The first kappa shape index (κ1) is 28.5. The van der Waals surface area contributed by atoms with Crippen molar-refractivity contribution in [3.63, 3.8) is 0 Å². The highest BCUT2D eigenvalue weighted by molar-refractivity contribution is 14.1. The first-order valence-electron chi connectivity index (χ1n) is 12.6. The predicted molar refractivity (Wildman–Crippen MR) is 163 cm³/mol. The maximum Gasteiger partial charge on any atom is 0.263 e. The zero-order valence-electron chi connectivity index (χ0n) is 21.1. The Kier molecular flexibility index (Phi) is 8.74. The van der Waals surface area contributed by atoms with Crippen molar-refractivity contribution >= 4 is 55.9 Å². The number of halogens is 3. The molecule has 0 saturated heterocycles. The lowest BCUT2D eigenvalue weighted by molar-refractivity contribution is 0.410. The molecule has 1 saturated carbocycles. The smallest absolute Gasteiger partial charge is 0.263 e. The number of rotatable bonds is 8. The van der Waals surface area contributed by atoms with Crippen molar-refractivity contribution < 1.29 is 17.5 Å². The highest BCUT2D eigenvalue weighted by Crippen LogP contribution is 2.36. The summed E-state index contributed by atoms with van der Waals surface area (Å²) in [7, 11) is -4.02. The van der Waals surface area contributed by atoms with Crippen LogP contribution in [0.1, 0.15) is 25.7 Å². The number of nitrogens with two attached hydrogens (primary N) is 1. The summed E-state index contributed by atoms with van der Waals surface area (Å²) in [5.41, 5.74) is 7.32. The first-order valence-corrected chi connectivity index (χ1v) is 15.5. The van der Waals surface area contributed by atoms with Crippen molar-refractivity contribution in [3.8, 4) is 22.8 Å². The molecule has 12 heteroatoms. The van der Waals surface area contributed by atoms with Gasteiger partial charge in [0.25, 0.3) is 10.0 Å². The number of anilines is 2. The number of nitrogens with zero attached hydrogens (tertiary/aromatic N) is 2. The van der Waals surface area contributed by atoms with Gasteiger partial charge in [-0.2, -0.15) is 0 Å². The van der Waals surface area contributed by atoms with Crippen molar-refractivity contribution in [3.05, 3.63) is 87.3 Å². The normalized spacial score (nSPS) is 17.3. The SMILES string of the molecule is NC1CCC(Nc2nccc(-c3ccc(I)cc3Oc3ccc(NS(=O)(=O)c4ccccc4Cl)cc3F)n2)CC1. The van der Waals surface area contributed by atoms with Crippen LogP contribution >= 0.6 is 34.2 Å². The Labute approximate surface area is 250 Å². The highest BCUT2D eigenvalue weighted by Gasteiger charge is 2.21. The molecule has 1 heterocycles. The van der Waals surface area contributed by atoms with E-state index in [1.54, 1.807) is 30.5 Å². The minimum atomic E-state index is -4.02. The second-order valence-electron chi connectivity index (χ2n) is 9.45. The summed E-state index contributed by atoms with van der Waals surface area (Å²) >= 11 is 8.18. The fourth-order valence-corrected chi connectivity index (χ4v) is 6.49. The third-order valence-electron chi connectivity index (χ3n) is 6.51. The van der Waals surface area contributed by atoms with Gasteiger partial charge in [0.15, 0.2) is 11.6 Å². The van der Waals surface area contributed by atoms with Gasteiger partial charge in [0.1, 0.15) is 10.6 Å². The maximum atomic E-state index is 15.1. The zero-order valence-corrected chi connectivity index (χ0v) is 24.9. The minimum absolute atomic E-state index is 0.0304. The molecule has 1 fully saturated rings. The molecule has 1 aliphatic rings. The molecule has 3 aromatic carbocycles. The average Bonchev–Trinajstić information content (AvgIpc) is 2.92. The molecule has 0 unspecified atom stereocenters. The number of sulfonamides is 1. The van der Waals surface area contributed by atoms with E-state index in [2.05, 4.69) is 42.6 Å². The monoisotopic (exact) mass is 693 g/mol. The third kappa shape index (κ3) is 6.82. The fourth-order valence-electron chi connectivity index (χ4n) is 4.45. The van der Waals surface area contributed by atoms with Crippen LogP contribution in [-0.2, 0) is 10.0 Å². The van der Waals surface area contributed by atoms with E-state index in [1.165, 1.54) is 24.3 Å². The van der Waals surface area contributed by atoms with Crippen molar-refractivity contribution in [1.29, 1.82) is 0 Å². The minimum Gasteiger partial charge on any atom is -0.454 e. The van der Waals surface area contributed by atoms with Crippen LogP contribution < -0.4 is 20.5 Å². The quantitative estimate of drug-likeness (QED) is 0.174. The molecule has 208 valence electrons. The fraction of sp³-hybridized carbons (Fsp3) is 0.214. The average molecular weight is 694 g/mol. The van der Waals surface area contributed by atoms with Gasteiger partial charge in [-0.15, -0.1) is 0 Å². The van der Waals surface area contributed by atoms with Crippen LogP contribution in [0.2, 0.25) is 5.02 Å². The number of hydrogen-bond acceptors (Lipinski definition) is 7. The highest BCUT2D eigenvalue weighted by atomic mass is 127. The molecule has 4 N–H and O–H groups in total. The molecule has 4 aromatic rings. The van der Waals surface area contributed by atoms with Crippen molar-refractivity contribution in [2.45, 2.75) is 42.7 Å². The Balaban J connectivity index is 1.37. The molecule has 0 atom stereocenters. The van der Waals surface area contributed by atoms with Gasteiger partial charge in [-0.25, -0.2) is 22.8 Å². The Bertz CT molecular complexity index is 1630. The molecule has 1 aliphatic carbocycles. The van der Waals surface area contributed by atoms with Gasteiger partial charge in [-0.1, -0.05) is 23.7 Å². The van der Waals surface area contributed by atoms with Gasteiger partial charge in [0.05, 0.1) is 16.4 Å². The molecule has 5 rings (SSSR count). The van der Waals surface area contributed by atoms with Crippen molar-refractivity contribution in [1.82, 2.24) is 9.97 Å². The molecule has 0 spiro atoms. The Hall–Kier alpha value is -3.00. The van der Waals surface area contributed by atoms with E-state index >= 15 is 4.39 Å². The van der Waals surface area contributed by atoms with Gasteiger partial charge in [-0.05, 0) is 96.8 Å². The summed E-state index contributed by atoms with van der Waals surface area (Å²) in [6.07, 6.45) is 5.49. The lowest BCUT2D eigenvalue weighted by atomic mass is 9.92. The number of hydrogen-bond donors (Lipinski definition) is 3. The summed E-state index contributed by atoms with van der Waals surface area (Å²) in [6, 6.07) is 17.7. The molecular weight excluding hydrogens is 668 g/mol. The Morgan fingerprint density at radius 2 is 1.77 bits per heavy atom. The molecular formula is C28H26ClFIN5O3S. The predicted octanol–water partition coefficient (Wildman–Crippen LogP) is 6.82. The van der Waals surface area contributed by atoms with Crippen LogP contribution in [0.15, 0.2) is 77.8 Å². The molecule has 40 heavy (non-hydrogen) atoms. The molecule has 0 bridgehead atoms. The van der Waals surface area contributed by atoms with E-state index in [4.69, 9.17) is 22.1 Å². The Morgan fingerprint density at radius 3 is 2.52 bits per heavy atom. The van der Waals surface area contributed by atoms with Crippen LogP contribution in [0.5, 0.6) is 11.5 Å². The third-order valence-corrected chi connectivity index (χ3v) is 9.06. The van der Waals surface area contributed by atoms with Crippen LogP contribution in [-0.4, -0.2) is 30.5 Å². The number of benzene rings is 3. The summed E-state index contributed by atoms with van der Waals surface area (Å²) in [4.78, 5) is 8.95. The lowest BCUT2D eigenvalue weighted by Crippen LogP contribution is -2.33. The van der Waals surface area contributed by atoms with Crippen LogP contribution in [0.25, 0.3) is 11.3 Å². The van der Waals surface area contributed by atoms with E-state index in [9.17, 15) is 8.42 Å². The molecule has 0 aliphatic heterocycles. The van der Waals surface area contributed by atoms with E-state index in [0.29, 0.717) is 23.0 Å². The second kappa shape index (κ2) is 12.2. The van der Waals surface area contributed by atoms with Crippen LogP contribution in [0.3, 0.4) is 0 Å². The summed E-state index contributed by atoms with van der Waals surface area (Å²) in [5, 5.41) is 3.46. The molecule has 1 aromatic heterocycles. The van der Waals surface area contributed by atoms with E-state index in [0.717, 1.165) is 35.3 Å². The van der Waals surface area contributed by atoms with E-state index < -0.39 is 15.8 Å². The standard InChI is InChI=1S/C28H26ClFIN5O3S/c29-22-3-1-2-4-27(22)40(37,38)36-20-10-12-25(23(30)16-20)39-26-15-17(31)5-11-21(26)24-13-14-33-28(35-24)34-19-8-6-18(32)7-9-19/h1-5,10-16,18-19,36H,6-9,32H2,(H,33,34,35). The van der Waals surface area contributed by atoms with Gasteiger partial charge < -0.3 is 15.8 Å². The van der Waals surface area contributed by atoms with Crippen LogP contribution in [0, 0.1) is 9.39 Å². The largest absolute Gasteiger partial charge is 0.454 e. The summed E-state index contributed by atoms with van der Waals surface area (Å²) in [6.45, 7) is 0. The van der Waals surface area contributed by atoms with E-state index in [-0.39, 0.29) is 33.4 Å². The van der Waals surface area contributed by atoms with Gasteiger partial charge >= 0.3 is 0 Å². The maximum absolute atomic E-state index is 15.1. The summed E-state index contributed by atoms with van der Waals surface area (Å²) in [5.74, 6) is 0.0758. The second-order valence-corrected chi connectivity index (χ2v) is 12.7. The molecule has 0 radical (unpaired) electrons. The number of nitrogens with one attached hydrogen (secondary N) is 2. The number of ether oxygens (including phenoxy) is 1. The Morgan fingerprint density at radius 1 is 1.00 bits per heavy atom. The van der Waals surface area contributed by atoms with Crippen molar-refractivity contribution in [2.24, 2.45) is 5.73 Å². The van der Waals surface area contributed by atoms with Gasteiger partial charge in [0, 0.05) is 33.5 Å². The zero-order chi connectivity index (χ0) is 28.3.